The number of hydrogen-bond acceptors (Lipinski definition) is 6. The molecule has 7 nitrogen and oxygen atoms in total. The molecule has 2 aliphatic rings. The third-order valence-electron chi connectivity index (χ3n) is 4.02. The Hall–Kier alpha value is -2.06. The van der Waals surface area contributed by atoms with Crippen molar-refractivity contribution in [2.75, 3.05) is 13.2 Å². The van der Waals surface area contributed by atoms with Gasteiger partial charge in [0.05, 0.1) is 18.2 Å². The van der Waals surface area contributed by atoms with Crippen molar-refractivity contribution in [2.45, 2.75) is 19.2 Å². The zero-order chi connectivity index (χ0) is 16.7. The van der Waals surface area contributed by atoms with Gasteiger partial charge in [0.2, 0.25) is 5.91 Å². The first-order valence-corrected chi connectivity index (χ1v) is 8.03. The summed E-state index contributed by atoms with van der Waals surface area (Å²) in [5.74, 6) is -1.34. The van der Waals surface area contributed by atoms with Gasteiger partial charge in [0.1, 0.15) is 23.3 Å². The SMILES string of the molecule is C=CCOC(=O)C1=C(n2cnc(C)c2C)S[C@@H]2[C@@H](CO)C(=O)N12. The summed E-state index contributed by atoms with van der Waals surface area (Å²) in [6.45, 7) is 7.11. The van der Waals surface area contributed by atoms with Crippen LogP contribution in [0.15, 0.2) is 24.7 Å². The van der Waals surface area contributed by atoms with Gasteiger partial charge in [0, 0.05) is 5.69 Å². The second-order valence-electron chi connectivity index (χ2n) is 5.33. The second-order valence-corrected chi connectivity index (χ2v) is 6.44. The molecule has 3 heterocycles. The molecular weight excluding hydrogens is 318 g/mol. The number of hydrogen-bond donors (Lipinski definition) is 1. The normalized spacial score (nSPS) is 22.9. The lowest BCUT2D eigenvalue weighted by Gasteiger charge is -2.41. The fourth-order valence-corrected chi connectivity index (χ4v) is 4.10. The van der Waals surface area contributed by atoms with E-state index in [0.717, 1.165) is 11.4 Å². The van der Waals surface area contributed by atoms with Crippen molar-refractivity contribution in [1.29, 1.82) is 0 Å². The van der Waals surface area contributed by atoms with Crippen molar-refractivity contribution in [3.8, 4) is 0 Å². The maximum Gasteiger partial charge on any atom is 0.358 e. The van der Waals surface area contributed by atoms with E-state index in [-0.39, 0.29) is 30.2 Å². The van der Waals surface area contributed by atoms with Gasteiger partial charge in [-0.3, -0.25) is 14.3 Å². The van der Waals surface area contributed by atoms with E-state index < -0.39 is 11.9 Å². The van der Waals surface area contributed by atoms with Gasteiger partial charge in [-0.1, -0.05) is 24.4 Å². The van der Waals surface area contributed by atoms with Crippen molar-refractivity contribution in [1.82, 2.24) is 14.5 Å². The van der Waals surface area contributed by atoms with Crippen LogP contribution in [0.25, 0.3) is 5.03 Å². The van der Waals surface area contributed by atoms with Crippen LogP contribution in [0.5, 0.6) is 0 Å². The summed E-state index contributed by atoms with van der Waals surface area (Å²) >= 11 is 1.37. The largest absolute Gasteiger partial charge is 0.457 e. The molecule has 0 saturated carbocycles. The second kappa shape index (κ2) is 5.86. The summed E-state index contributed by atoms with van der Waals surface area (Å²) in [6.07, 6.45) is 3.09. The van der Waals surface area contributed by atoms with Crippen LogP contribution in [0, 0.1) is 19.8 Å². The molecular formula is C15H17N3O4S. The zero-order valence-electron chi connectivity index (χ0n) is 12.9. The zero-order valence-corrected chi connectivity index (χ0v) is 13.7. The molecule has 3 rings (SSSR count). The first-order valence-electron chi connectivity index (χ1n) is 7.15. The standard InChI is InChI=1S/C15H17N3O4S/c1-4-5-22-15(21)11-14(17-7-16-8(2)9(17)3)23-13-10(6-19)12(20)18(11)13/h4,7,10,13,19H,1,5-6H2,2-3H3/t10-,13+/m0/s1. The van der Waals surface area contributed by atoms with Crippen LogP contribution in [0.3, 0.4) is 0 Å². The molecule has 23 heavy (non-hydrogen) atoms. The molecule has 0 bridgehead atoms. The van der Waals surface area contributed by atoms with E-state index in [1.807, 2.05) is 13.8 Å². The van der Waals surface area contributed by atoms with Crippen LogP contribution in [0.4, 0.5) is 0 Å². The van der Waals surface area contributed by atoms with Crippen LogP contribution in [-0.2, 0) is 14.3 Å². The third-order valence-corrected chi connectivity index (χ3v) is 5.42. The lowest BCUT2D eigenvalue weighted by atomic mass is 9.98. The summed E-state index contributed by atoms with van der Waals surface area (Å²) in [5.41, 5.74) is 1.94. The number of nitrogens with zero attached hydrogens (tertiary/aromatic N) is 3. The fourth-order valence-electron chi connectivity index (χ4n) is 2.60. The van der Waals surface area contributed by atoms with Gasteiger partial charge in [0.15, 0.2) is 5.70 Å². The lowest BCUT2D eigenvalue weighted by molar-refractivity contribution is -0.154. The van der Waals surface area contributed by atoms with Crippen LogP contribution in [-0.4, -0.2) is 50.0 Å². The summed E-state index contributed by atoms with van der Waals surface area (Å²) in [6, 6.07) is 0. The number of amides is 1. The van der Waals surface area contributed by atoms with E-state index in [9.17, 15) is 14.7 Å². The van der Waals surface area contributed by atoms with Crippen LogP contribution < -0.4 is 0 Å². The number of aryl methyl sites for hydroxylation is 1. The van der Waals surface area contributed by atoms with Gasteiger partial charge in [-0.25, -0.2) is 9.78 Å². The van der Waals surface area contributed by atoms with Gasteiger partial charge < -0.3 is 9.84 Å². The van der Waals surface area contributed by atoms with E-state index >= 15 is 0 Å². The summed E-state index contributed by atoms with van der Waals surface area (Å²) in [5, 5.41) is 9.68. The first kappa shape index (κ1) is 15.8. The minimum absolute atomic E-state index is 0.0678. The molecule has 0 radical (unpaired) electrons. The lowest BCUT2D eigenvalue weighted by Crippen LogP contribution is -2.58. The molecule has 1 aromatic heterocycles. The summed E-state index contributed by atoms with van der Waals surface area (Å²) in [4.78, 5) is 30.2. The highest BCUT2D eigenvalue weighted by Gasteiger charge is 2.56. The maximum atomic E-state index is 12.4. The predicted molar refractivity (Wildman–Crippen MR) is 84.9 cm³/mol. The number of thioether (sulfide) groups is 1. The minimum Gasteiger partial charge on any atom is -0.457 e. The number of ether oxygens (including phenoxy) is 1. The van der Waals surface area contributed by atoms with Crippen LogP contribution in [0.1, 0.15) is 11.4 Å². The molecule has 1 fully saturated rings. The molecule has 1 aromatic rings. The van der Waals surface area contributed by atoms with E-state index in [2.05, 4.69) is 11.6 Å². The Morgan fingerprint density at radius 3 is 2.87 bits per heavy atom. The van der Waals surface area contributed by atoms with Gasteiger partial charge in [-0.2, -0.15) is 0 Å². The van der Waals surface area contributed by atoms with E-state index in [0.29, 0.717) is 5.03 Å². The number of aliphatic hydroxyl groups excluding tert-OH is 1. The van der Waals surface area contributed by atoms with E-state index in [1.165, 1.54) is 22.7 Å². The molecule has 0 spiro atoms. The highest BCUT2D eigenvalue weighted by atomic mass is 32.2. The number of aliphatic hydroxyl groups is 1. The monoisotopic (exact) mass is 335 g/mol. The molecule has 2 atom stereocenters. The molecule has 1 amide bonds. The number of aromatic nitrogens is 2. The molecule has 2 aliphatic heterocycles. The first-order chi connectivity index (χ1) is 11.0. The van der Waals surface area contributed by atoms with Gasteiger partial charge >= 0.3 is 5.97 Å². The number of carbonyl (C=O) groups excluding carboxylic acids is 2. The van der Waals surface area contributed by atoms with E-state index in [4.69, 9.17) is 4.74 Å². The minimum atomic E-state index is -0.578. The number of imidazole rings is 1. The topological polar surface area (TPSA) is 84.7 Å². The Kier molecular flexibility index (Phi) is 4.03. The highest BCUT2D eigenvalue weighted by Crippen LogP contribution is 2.51. The average molecular weight is 335 g/mol. The smallest absolute Gasteiger partial charge is 0.358 e. The number of carbonyl (C=O) groups is 2. The Morgan fingerprint density at radius 2 is 2.30 bits per heavy atom. The van der Waals surface area contributed by atoms with Crippen molar-refractivity contribution in [3.05, 3.63) is 36.1 Å². The van der Waals surface area contributed by atoms with Crippen molar-refractivity contribution in [2.24, 2.45) is 5.92 Å². The highest BCUT2D eigenvalue weighted by molar-refractivity contribution is 8.08. The van der Waals surface area contributed by atoms with Crippen molar-refractivity contribution in [3.63, 3.8) is 0 Å². The predicted octanol–water partition coefficient (Wildman–Crippen LogP) is 0.879. The van der Waals surface area contributed by atoms with Gasteiger partial charge in [-0.15, -0.1) is 0 Å². The molecule has 122 valence electrons. The van der Waals surface area contributed by atoms with Gasteiger partial charge in [-0.05, 0) is 13.8 Å². The van der Waals surface area contributed by atoms with Crippen LogP contribution >= 0.6 is 11.8 Å². The molecule has 0 unspecified atom stereocenters. The average Bonchev–Trinajstić information content (AvgIpc) is 3.04. The Morgan fingerprint density at radius 1 is 1.57 bits per heavy atom. The molecule has 8 heteroatoms. The number of fused-ring (bicyclic) bond motifs is 1. The third kappa shape index (κ3) is 2.29. The van der Waals surface area contributed by atoms with Crippen molar-refractivity contribution < 1.29 is 19.4 Å². The molecule has 1 saturated heterocycles. The Bertz CT molecular complexity index is 724. The quantitative estimate of drug-likeness (QED) is 0.488. The Balaban J connectivity index is 2.03. The summed E-state index contributed by atoms with van der Waals surface area (Å²) in [7, 11) is 0. The van der Waals surface area contributed by atoms with Crippen molar-refractivity contribution >= 4 is 28.7 Å². The molecule has 0 aliphatic carbocycles. The fraction of sp³-hybridized carbons (Fsp3) is 0.400. The molecule has 0 aromatic carbocycles. The van der Waals surface area contributed by atoms with Gasteiger partial charge in [0.25, 0.3) is 0 Å². The maximum absolute atomic E-state index is 12.4. The Labute approximate surface area is 137 Å². The van der Waals surface area contributed by atoms with Crippen LogP contribution in [0.2, 0.25) is 0 Å². The number of β-lactam (4-membered cyclic amide) rings is 1. The number of esters is 1. The van der Waals surface area contributed by atoms with E-state index in [1.54, 1.807) is 10.9 Å². The molecule has 1 N–H and O–H groups in total. The number of rotatable bonds is 5. The summed E-state index contributed by atoms with van der Waals surface area (Å²) < 4.78 is 6.91.